The number of alkyl carbamates (subject to hydrolysis) is 1. The third-order valence-electron chi connectivity index (χ3n) is 6.21. The molecule has 7 nitrogen and oxygen atoms in total. The highest BCUT2D eigenvalue weighted by molar-refractivity contribution is 5.84. The van der Waals surface area contributed by atoms with Crippen LogP contribution in [-0.2, 0) is 14.3 Å². The smallest absolute Gasteiger partial charge is 0.407 e. The maximum Gasteiger partial charge on any atom is 0.407 e. The van der Waals surface area contributed by atoms with Crippen molar-refractivity contribution in [2.24, 2.45) is 0 Å². The Bertz CT molecular complexity index is 961. The number of amides is 2. The number of unbranched alkanes of at least 4 members (excludes halogenated alkanes) is 1. The van der Waals surface area contributed by atoms with Crippen molar-refractivity contribution in [1.82, 2.24) is 10.6 Å². The van der Waals surface area contributed by atoms with Crippen LogP contribution >= 0.6 is 0 Å². The molecular formula is C27H34N2O5. The first kappa shape index (κ1) is 25.3. The summed E-state index contributed by atoms with van der Waals surface area (Å²) in [5.74, 6) is -1.48. The molecule has 2 aromatic rings. The number of benzene rings is 2. The van der Waals surface area contributed by atoms with Gasteiger partial charge in [-0.3, -0.25) is 4.79 Å². The number of carbonyl (C=O) groups is 3. The largest absolute Gasteiger partial charge is 0.480 e. The number of hydrogen-bond donors (Lipinski definition) is 3. The molecule has 0 spiro atoms. The second-order valence-electron chi connectivity index (χ2n) is 8.76. The summed E-state index contributed by atoms with van der Waals surface area (Å²) < 4.78 is 5.61. The molecule has 0 radical (unpaired) electrons. The molecule has 2 unspecified atom stereocenters. The Hall–Kier alpha value is -3.35. The zero-order chi connectivity index (χ0) is 24.5. The molecule has 7 heteroatoms. The van der Waals surface area contributed by atoms with Gasteiger partial charge in [0.1, 0.15) is 12.6 Å². The van der Waals surface area contributed by atoms with Gasteiger partial charge >= 0.3 is 12.1 Å². The average Bonchev–Trinajstić information content (AvgIpc) is 3.14. The third kappa shape index (κ3) is 6.37. The number of hydrogen-bond acceptors (Lipinski definition) is 4. The number of aliphatic carboxylic acids is 1. The van der Waals surface area contributed by atoms with Crippen LogP contribution < -0.4 is 10.6 Å². The summed E-state index contributed by atoms with van der Waals surface area (Å²) in [6.07, 6.45) is 2.81. The van der Waals surface area contributed by atoms with Crippen LogP contribution in [0.5, 0.6) is 0 Å². The van der Waals surface area contributed by atoms with E-state index in [1.165, 1.54) is 0 Å². The number of nitrogens with one attached hydrogen (secondary N) is 2. The van der Waals surface area contributed by atoms with Crippen LogP contribution in [0.2, 0.25) is 0 Å². The lowest BCUT2D eigenvalue weighted by atomic mass is 9.98. The number of fused-ring (bicyclic) bond motifs is 3. The maximum absolute atomic E-state index is 12.7. The summed E-state index contributed by atoms with van der Waals surface area (Å²) >= 11 is 0. The Morgan fingerprint density at radius 1 is 0.912 bits per heavy atom. The minimum atomic E-state index is -1.05. The second-order valence-corrected chi connectivity index (χ2v) is 8.76. The van der Waals surface area contributed by atoms with Gasteiger partial charge in [-0.05, 0) is 35.1 Å². The summed E-state index contributed by atoms with van der Waals surface area (Å²) in [5, 5.41) is 14.7. The van der Waals surface area contributed by atoms with Crippen LogP contribution in [-0.4, -0.2) is 41.8 Å². The van der Waals surface area contributed by atoms with E-state index in [2.05, 4.69) is 34.9 Å². The minimum absolute atomic E-state index is 0.0116. The predicted molar refractivity (Wildman–Crippen MR) is 131 cm³/mol. The quantitative estimate of drug-likeness (QED) is 0.415. The summed E-state index contributed by atoms with van der Waals surface area (Å²) in [6, 6.07) is 14.9. The van der Waals surface area contributed by atoms with E-state index in [0.29, 0.717) is 19.3 Å². The molecule has 34 heavy (non-hydrogen) atoms. The van der Waals surface area contributed by atoms with E-state index < -0.39 is 24.1 Å². The first-order valence-corrected chi connectivity index (χ1v) is 12.1. The van der Waals surface area contributed by atoms with Crippen LogP contribution in [0.15, 0.2) is 48.5 Å². The molecular weight excluding hydrogens is 432 g/mol. The summed E-state index contributed by atoms with van der Waals surface area (Å²) in [7, 11) is 0. The molecule has 3 N–H and O–H groups in total. The number of rotatable bonds is 12. The maximum atomic E-state index is 12.7. The molecule has 0 bridgehead atoms. The lowest BCUT2D eigenvalue weighted by Gasteiger charge is -2.21. The molecule has 182 valence electrons. The molecule has 1 aliphatic rings. The van der Waals surface area contributed by atoms with E-state index in [-0.39, 0.29) is 24.9 Å². The van der Waals surface area contributed by atoms with Gasteiger partial charge in [-0.25, -0.2) is 9.59 Å². The first-order chi connectivity index (χ1) is 16.4. The highest BCUT2D eigenvalue weighted by atomic mass is 16.5. The van der Waals surface area contributed by atoms with Gasteiger partial charge in [-0.1, -0.05) is 81.6 Å². The van der Waals surface area contributed by atoms with Crippen molar-refractivity contribution >= 4 is 18.0 Å². The fourth-order valence-electron chi connectivity index (χ4n) is 4.51. The SMILES string of the molecule is CCCCC(CC(=O)NC(CCC)C(=O)O)NC(=O)OCC1c2ccccc2-c2ccccc21. The van der Waals surface area contributed by atoms with Crippen molar-refractivity contribution < 1.29 is 24.2 Å². The molecule has 1 aliphatic carbocycles. The number of carbonyl (C=O) groups excluding carboxylic acids is 2. The van der Waals surface area contributed by atoms with Crippen LogP contribution in [0.3, 0.4) is 0 Å². The van der Waals surface area contributed by atoms with Gasteiger partial charge in [0.2, 0.25) is 5.91 Å². The molecule has 0 aliphatic heterocycles. The fraction of sp³-hybridized carbons (Fsp3) is 0.444. The average molecular weight is 467 g/mol. The van der Waals surface area contributed by atoms with Gasteiger partial charge in [0.05, 0.1) is 0 Å². The monoisotopic (exact) mass is 466 g/mol. The molecule has 2 amide bonds. The van der Waals surface area contributed by atoms with Gasteiger partial charge in [0.15, 0.2) is 0 Å². The van der Waals surface area contributed by atoms with Gasteiger partial charge < -0.3 is 20.5 Å². The number of carboxylic acids is 1. The Kier molecular flexibility index (Phi) is 9.08. The number of carboxylic acid groups (broad SMARTS) is 1. The fourth-order valence-corrected chi connectivity index (χ4v) is 4.51. The molecule has 0 saturated carbocycles. The van der Waals surface area contributed by atoms with Crippen molar-refractivity contribution in [1.29, 1.82) is 0 Å². The highest BCUT2D eigenvalue weighted by Gasteiger charge is 2.29. The van der Waals surface area contributed by atoms with E-state index in [1.807, 2.05) is 38.1 Å². The topological polar surface area (TPSA) is 105 Å². The zero-order valence-corrected chi connectivity index (χ0v) is 19.9. The van der Waals surface area contributed by atoms with Gasteiger partial charge in [-0.2, -0.15) is 0 Å². The Balaban J connectivity index is 1.60. The lowest BCUT2D eigenvalue weighted by molar-refractivity contribution is -0.142. The molecule has 3 rings (SSSR count). The van der Waals surface area contributed by atoms with Crippen molar-refractivity contribution in [3.05, 3.63) is 59.7 Å². The minimum Gasteiger partial charge on any atom is -0.480 e. The molecule has 2 atom stereocenters. The van der Waals surface area contributed by atoms with Crippen molar-refractivity contribution in [3.8, 4) is 11.1 Å². The summed E-state index contributed by atoms with van der Waals surface area (Å²) in [6.45, 7) is 4.10. The second kappa shape index (κ2) is 12.2. The predicted octanol–water partition coefficient (Wildman–Crippen LogP) is 4.84. The third-order valence-corrected chi connectivity index (χ3v) is 6.21. The van der Waals surface area contributed by atoms with Crippen molar-refractivity contribution in [2.75, 3.05) is 6.61 Å². The lowest BCUT2D eigenvalue weighted by Crippen LogP contribution is -2.44. The Labute approximate surface area is 200 Å². The van der Waals surface area contributed by atoms with E-state index >= 15 is 0 Å². The number of ether oxygens (including phenoxy) is 1. The molecule has 0 saturated heterocycles. The molecule has 0 fully saturated rings. The van der Waals surface area contributed by atoms with Gasteiger partial charge in [0.25, 0.3) is 0 Å². The van der Waals surface area contributed by atoms with Crippen LogP contribution in [0, 0.1) is 0 Å². The Morgan fingerprint density at radius 2 is 1.53 bits per heavy atom. The van der Waals surface area contributed by atoms with E-state index in [1.54, 1.807) is 0 Å². The Morgan fingerprint density at radius 3 is 2.09 bits per heavy atom. The molecule has 0 aromatic heterocycles. The standard InChI is InChI=1S/C27H34N2O5/c1-3-5-11-18(16-25(30)29-24(10-4-2)26(31)32)28-27(33)34-17-23-21-14-8-6-12-19(21)20-13-7-9-15-22(20)23/h6-9,12-15,18,23-24H,3-5,10-11,16-17H2,1-2H3,(H,28,33)(H,29,30)(H,31,32). The van der Waals surface area contributed by atoms with E-state index in [9.17, 15) is 19.5 Å². The molecule has 2 aromatic carbocycles. The normalized spacial score (nSPS) is 13.9. The summed E-state index contributed by atoms with van der Waals surface area (Å²) in [4.78, 5) is 36.5. The van der Waals surface area contributed by atoms with Crippen LogP contribution in [0.25, 0.3) is 11.1 Å². The highest BCUT2D eigenvalue weighted by Crippen LogP contribution is 2.44. The van der Waals surface area contributed by atoms with Gasteiger partial charge in [0, 0.05) is 18.4 Å². The first-order valence-electron chi connectivity index (χ1n) is 12.1. The molecule has 0 heterocycles. The summed E-state index contributed by atoms with van der Waals surface area (Å²) in [5.41, 5.74) is 4.58. The van der Waals surface area contributed by atoms with Crippen molar-refractivity contribution in [3.63, 3.8) is 0 Å². The van der Waals surface area contributed by atoms with E-state index in [4.69, 9.17) is 4.74 Å². The van der Waals surface area contributed by atoms with Crippen LogP contribution in [0.1, 0.15) is 69.4 Å². The van der Waals surface area contributed by atoms with Gasteiger partial charge in [-0.15, -0.1) is 0 Å². The van der Waals surface area contributed by atoms with Crippen molar-refractivity contribution in [2.45, 2.75) is 70.4 Å². The van der Waals surface area contributed by atoms with E-state index in [0.717, 1.165) is 35.1 Å². The van der Waals surface area contributed by atoms with Crippen LogP contribution in [0.4, 0.5) is 4.79 Å². The zero-order valence-electron chi connectivity index (χ0n) is 19.9.